The van der Waals surface area contributed by atoms with Crippen molar-refractivity contribution in [1.29, 1.82) is 0 Å². The zero-order chi connectivity index (χ0) is 19.5. The number of benzene rings is 1. The molecule has 1 aliphatic rings. The van der Waals surface area contributed by atoms with Crippen LogP contribution in [0.5, 0.6) is 11.5 Å². The van der Waals surface area contributed by atoms with Gasteiger partial charge in [-0.3, -0.25) is 0 Å². The normalized spacial score (nSPS) is 14.4. The molecule has 0 atom stereocenters. The minimum Gasteiger partial charge on any atom is -0.495 e. The summed E-state index contributed by atoms with van der Waals surface area (Å²) in [7, 11) is 3.31. The van der Waals surface area contributed by atoms with E-state index in [0.717, 1.165) is 44.8 Å². The number of nitrogens with zero attached hydrogens (tertiary/aromatic N) is 3. The van der Waals surface area contributed by atoms with Crippen molar-refractivity contribution in [3.8, 4) is 11.5 Å². The van der Waals surface area contributed by atoms with Gasteiger partial charge in [-0.25, -0.2) is 9.78 Å². The second-order valence-corrected chi connectivity index (χ2v) is 8.37. The van der Waals surface area contributed by atoms with Gasteiger partial charge in [0.25, 0.3) is 0 Å². The van der Waals surface area contributed by atoms with Gasteiger partial charge in [0, 0.05) is 31.1 Å². The third-order valence-electron chi connectivity index (χ3n) is 4.73. The molecule has 0 bridgehead atoms. The van der Waals surface area contributed by atoms with Gasteiger partial charge in [0.2, 0.25) is 0 Å². The zero-order valence-electron chi connectivity index (χ0n) is 15.8. The highest BCUT2D eigenvalue weighted by atomic mass is 32.1. The summed E-state index contributed by atoms with van der Waals surface area (Å²) in [5.74, 6) is 1.54. The fraction of sp³-hybridized carbons (Fsp3) is 0.368. The molecule has 0 aliphatic carbocycles. The van der Waals surface area contributed by atoms with Crippen molar-refractivity contribution < 1.29 is 14.3 Å². The first kappa shape index (κ1) is 18.8. The van der Waals surface area contributed by atoms with Crippen LogP contribution in [0.1, 0.15) is 4.88 Å². The summed E-state index contributed by atoms with van der Waals surface area (Å²) in [6.45, 7) is 3.41. The summed E-state index contributed by atoms with van der Waals surface area (Å²) < 4.78 is 11.9. The molecule has 0 unspecified atom stereocenters. The van der Waals surface area contributed by atoms with Gasteiger partial charge in [0.05, 0.1) is 20.8 Å². The first-order valence-electron chi connectivity index (χ1n) is 9.01. The van der Waals surface area contributed by atoms with E-state index >= 15 is 0 Å². The number of methoxy groups -OCH3 is 2. The van der Waals surface area contributed by atoms with Crippen molar-refractivity contribution in [2.24, 2.45) is 0 Å². The number of aromatic nitrogens is 1. The maximum atomic E-state index is 12.4. The highest BCUT2D eigenvalue weighted by molar-refractivity contribution is 7.22. The minimum absolute atomic E-state index is 0.0133. The van der Waals surface area contributed by atoms with Gasteiger partial charge in [-0.1, -0.05) is 17.4 Å². The number of thiophene rings is 1. The Hall–Kier alpha value is -2.52. The Morgan fingerprint density at radius 1 is 1.14 bits per heavy atom. The van der Waals surface area contributed by atoms with Crippen LogP contribution < -0.4 is 19.7 Å². The topological polar surface area (TPSA) is 66.9 Å². The SMILES string of the molecule is COc1ccc(OC)c2sc(N3CCN(C(=O)NCc4cccs4)CC3)nc12. The number of hydrogen-bond acceptors (Lipinski definition) is 7. The van der Waals surface area contributed by atoms with Gasteiger partial charge < -0.3 is 24.6 Å². The molecule has 0 radical (unpaired) electrons. The van der Waals surface area contributed by atoms with Crippen LogP contribution >= 0.6 is 22.7 Å². The number of anilines is 1. The van der Waals surface area contributed by atoms with Crippen molar-refractivity contribution in [3.05, 3.63) is 34.5 Å². The summed E-state index contributed by atoms with van der Waals surface area (Å²) in [6.07, 6.45) is 0. The lowest BCUT2D eigenvalue weighted by atomic mass is 10.3. The van der Waals surface area contributed by atoms with Crippen LogP contribution in [0, 0.1) is 0 Å². The number of thiazole rings is 1. The average Bonchev–Trinajstić information content (AvgIpc) is 3.41. The fourth-order valence-electron chi connectivity index (χ4n) is 3.20. The van der Waals surface area contributed by atoms with Crippen LogP contribution in [0.2, 0.25) is 0 Å². The molecule has 148 valence electrons. The molecular formula is C19H22N4O3S2. The van der Waals surface area contributed by atoms with E-state index in [9.17, 15) is 4.79 Å². The summed E-state index contributed by atoms with van der Waals surface area (Å²) in [4.78, 5) is 22.4. The average molecular weight is 419 g/mol. The Labute approximate surface area is 171 Å². The number of nitrogens with one attached hydrogen (secondary N) is 1. The number of fused-ring (bicyclic) bond motifs is 1. The van der Waals surface area contributed by atoms with Crippen molar-refractivity contribution in [2.75, 3.05) is 45.3 Å². The highest BCUT2D eigenvalue weighted by Gasteiger charge is 2.24. The molecule has 28 heavy (non-hydrogen) atoms. The monoisotopic (exact) mass is 418 g/mol. The number of ether oxygens (including phenoxy) is 2. The molecule has 1 N–H and O–H groups in total. The Bertz CT molecular complexity index is 909. The maximum absolute atomic E-state index is 12.4. The minimum atomic E-state index is -0.0133. The quantitative estimate of drug-likeness (QED) is 0.688. The van der Waals surface area contributed by atoms with E-state index in [2.05, 4.69) is 10.2 Å². The lowest BCUT2D eigenvalue weighted by Gasteiger charge is -2.34. The molecular weight excluding hydrogens is 396 g/mol. The van der Waals surface area contributed by atoms with Crippen molar-refractivity contribution in [3.63, 3.8) is 0 Å². The van der Waals surface area contributed by atoms with Crippen LogP contribution in [0.25, 0.3) is 10.2 Å². The van der Waals surface area contributed by atoms with Gasteiger partial charge in [-0.15, -0.1) is 11.3 Å². The van der Waals surface area contributed by atoms with E-state index in [4.69, 9.17) is 14.5 Å². The van der Waals surface area contributed by atoms with Crippen molar-refractivity contribution >= 4 is 44.1 Å². The van der Waals surface area contributed by atoms with Gasteiger partial charge in [0.1, 0.15) is 21.7 Å². The third-order valence-corrected chi connectivity index (χ3v) is 6.74. The second kappa shape index (κ2) is 8.24. The molecule has 2 amide bonds. The van der Waals surface area contributed by atoms with Gasteiger partial charge in [-0.2, -0.15) is 0 Å². The predicted octanol–water partition coefficient (Wildman–Crippen LogP) is 3.41. The molecule has 1 aliphatic heterocycles. The fourth-order valence-corrected chi connectivity index (χ4v) is 4.97. The van der Waals surface area contributed by atoms with E-state index in [1.54, 1.807) is 36.9 Å². The molecule has 9 heteroatoms. The Balaban J connectivity index is 1.41. The molecule has 3 aromatic rings. The number of piperazine rings is 1. The molecule has 3 heterocycles. The van der Waals surface area contributed by atoms with Crippen LogP contribution in [0.3, 0.4) is 0 Å². The van der Waals surface area contributed by atoms with Crippen LogP contribution in [0.4, 0.5) is 9.93 Å². The van der Waals surface area contributed by atoms with E-state index in [-0.39, 0.29) is 6.03 Å². The number of hydrogen-bond donors (Lipinski definition) is 1. The third kappa shape index (κ3) is 3.72. The zero-order valence-corrected chi connectivity index (χ0v) is 17.4. The van der Waals surface area contributed by atoms with E-state index in [1.807, 2.05) is 34.5 Å². The van der Waals surface area contributed by atoms with Crippen LogP contribution in [-0.2, 0) is 6.54 Å². The highest BCUT2D eigenvalue weighted by Crippen LogP contribution is 2.40. The largest absolute Gasteiger partial charge is 0.495 e. The number of carbonyl (C=O) groups excluding carboxylic acids is 1. The molecule has 4 rings (SSSR count). The standard InChI is InChI=1S/C19H22N4O3S2/c1-25-14-5-6-15(26-2)17-16(14)21-19(28-17)23-9-7-22(8-10-23)18(24)20-12-13-4-3-11-27-13/h3-6,11H,7-10,12H2,1-2H3,(H,20,24). The second-order valence-electron chi connectivity index (χ2n) is 6.36. The number of urea groups is 1. The Morgan fingerprint density at radius 3 is 2.57 bits per heavy atom. The smallest absolute Gasteiger partial charge is 0.317 e. The molecule has 0 saturated carbocycles. The van der Waals surface area contributed by atoms with E-state index in [1.165, 1.54) is 0 Å². The summed E-state index contributed by atoms with van der Waals surface area (Å²) in [6, 6.07) is 7.78. The molecule has 7 nitrogen and oxygen atoms in total. The Kier molecular flexibility index (Phi) is 5.54. The van der Waals surface area contributed by atoms with Gasteiger partial charge >= 0.3 is 6.03 Å². The molecule has 1 fully saturated rings. The molecule has 1 aromatic carbocycles. The van der Waals surface area contributed by atoms with Crippen LogP contribution in [0.15, 0.2) is 29.6 Å². The first-order valence-corrected chi connectivity index (χ1v) is 10.7. The lowest BCUT2D eigenvalue weighted by molar-refractivity contribution is 0.194. The molecule has 0 spiro atoms. The summed E-state index contributed by atoms with van der Waals surface area (Å²) in [5.41, 5.74) is 0.818. The number of carbonyl (C=O) groups is 1. The van der Waals surface area contributed by atoms with Crippen LogP contribution in [-0.4, -0.2) is 56.3 Å². The number of amides is 2. The predicted molar refractivity (Wildman–Crippen MR) is 113 cm³/mol. The first-order chi connectivity index (χ1) is 13.7. The number of rotatable bonds is 5. The summed E-state index contributed by atoms with van der Waals surface area (Å²) >= 11 is 3.24. The summed E-state index contributed by atoms with van der Waals surface area (Å²) in [5, 5.41) is 5.94. The Morgan fingerprint density at radius 2 is 1.89 bits per heavy atom. The van der Waals surface area contributed by atoms with Gasteiger partial charge in [0.15, 0.2) is 5.13 Å². The van der Waals surface area contributed by atoms with Gasteiger partial charge in [-0.05, 0) is 23.6 Å². The maximum Gasteiger partial charge on any atom is 0.317 e. The van der Waals surface area contributed by atoms with Crippen molar-refractivity contribution in [1.82, 2.24) is 15.2 Å². The van der Waals surface area contributed by atoms with Crippen molar-refractivity contribution in [2.45, 2.75) is 6.54 Å². The van der Waals surface area contributed by atoms with E-state index in [0.29, 0.717) is 19.6 Å². The van der Waals surface area contributed by atoms with E-state index < -0.39 is 0 Å². The molecule has 2 aromatic heterocycles. The lowest BCUT2D eigenvalue weighted by Crippen LogP contribution is -2.51. The molecule has 1 saturated heterocycles.